The van der Waals surface area contributed by atoms with Gasteiger partial charge in [0.05, 0.1) is 16.6 Å². The number of pyridine rings is 1. The molecule has 4 atom stereocenters. The molecule has 5 aromatic rings. The molecule has 6 rings (SSSR count). The van der Waals surface area contributed by atoms with Crippen molar-refractivity contribution in [1.82, 2.24) is 29.3 Å². The van der Waals surface area contributed by atoms with Gasteiger partial charge in [0.1, 0.15) is 42.4 Å². The number of nitrogens with two attached hydrogens (primary N) is 1. The summed E-state index contributed by atoms with van der Waals surface area (Å²) in [5.41, 5.74) is 10.6. The van der Waals surface area contributed by atoms with Gasteiger partial charge in [-0.05, 0) is 30.7 Å². The maximum Gasteiger partial charge on any atom is 0.173 e. The van der Waals surface area contributed by atoms with Crippen LogP contribution >= 0.6 is 0 Å². The van der Waals surface area contributed by atoms with Crippen molar-refractivity contribution >= 4 is 33.4 Å². The molecule has 4 aromatic heterocycles. The largest absolute Gasteiger partial charge is 0.491 e. The molecule has 0 bridgehead atoms. The summed E-state index contributed by atoms with van der Waals surface area (Å²) in [5, 5.41) is 19.9. The minimum Gasteiger partial charge on any atom is -0.491 e. The van der Waals surface area contributed by atoms with Gasteiger partial charge in [0.25, 0.3) is 0 Å². The number of fused-ring (bicyclic) bond motifs is 2. The van der Waals surface area contributed by atoms with Crippen LogP contribution in [0.4, 0.5) is 15.9 Å². The van der Waals surface area contributed by atoms with Gasteiger partial charge in [-0.1, -0.05) is 6.92 Å². The van der Waals surface area contributed by atoms with E-state index >= 15 is 4.39 Å². The predicted octanol–water partition coefficient (Wildman–Crippen LogP) is 3.24. The van der Waals surface area contributed by atoms with Gasteiger partial charge in [-0.15, -0.1) is 0 Å². The van der Waals surface area contributed by atoms with Crippen molar-refractivity contribution in [2.75, 3.05) is 24.7 Å². The Labute approximate surface area is 223 Å². The quantitative estimate of drug-likeness (QED) is 0.288. The Kier molecular flexibility index (Phi) is 6.28. The average Bonchev–Trinajstić information content (AvgIpc) is 3.63. The Morgan fingerprint density at radius 3 is 2.82 bits per heavy atom. The van der Waals surface area contributed by atoms with Gasteiger partial charge in [0.2, 0.25) is 0 Å². The van der Waals surface area contributed by atoms with E-state index in [4.69, 9.17) is 20.2 Å². The van der Waals surface area contributed by atoms with Crippen LogP contribution in [0.3, 0.4) is 0 Å². The molecule has 202 valence electrons. The lowest BCUT2D eigenvalue weighted by molar-refractivity contribution is -0.0410. The Morgan fingerprint density at radius 2 is 2.08 bits per heavy atom. The molecule has 0 unspecified atom stereocenters. The standard InChI is InChI=1S/C27H29FN8O3/c1-4-14-9-19(30-2)16-6-5-15(10-20(16)33-14)38-12-21-24(37)23(28)27(39-21)36-11-17(18-7-8-35(3)34-18)22-25(29)31-13-32-26(22)36/h5-11,13,21,23-24,27,37H,4,12H2,1-3H3,(H,30,33)(H2,29,31,32)/t21-,23+,24-,27-/m1/s1. The number of aryl methyl sites for hydroxylation is 2. The van der Waals surface area contributed by atoms with E-state index in [0.29, 0.717) is 28.0 Å². The maximum atomic E-state index is 15.5. The van der Waals surface area contributed by atoms with Crippen molar-refractivity contribution in [2.45, 2.75) is 38.0 Å². The topological polar surface area (TPSA) is 138 Å². The number of rotatable bonds is 7. The van der Waals surface area contributed by atoms with Crippen molar-refractivity contribution in [2.24, 2.45) is 7.05 Å². The molecule has 0 saturated carbocycles. The Bertz CT molecular complexity index is 1670. The van der Waals surface area contributed by atoms with E-state index in [0.717, 1.165) is 28.7 Å². The first-order valence-corrected chi connectivity index (χ1v) is 12.7. The maximum absolute atomic E-state index is 15.5. The first-order valence-electron chi connectivity index (χ1n) is 12.7. The summed E-state index contributed by atoms with van der Waals surface area (Å²) in [5.74, 6) is 0.787. The number of benzene rings is 1. The lowest BCUT2D eigenvalue weighted by atomic mass is 10.1. The lowest BCUT2D eigenvalue weighted by Crippen LogP contribution is -2.32. The number of nitrogens with one attached hydrogen (secondary N) is 1. The molecule has 0 aliphatic carbocycles. The van der Waals surface area contributed by atoms with Crippen LogP contribution < -0.4 is 15.8 Å². The van der Waals surface area contributed by atoms with Crippen LogP contribution in [0, 0.1) is 0 Å². The summed E-state index contributed by atoms with van der Waals surface area (Å²) in [6.07, 6.45) is 0.382. The van der Waals surface area contributed by atoms with Crippen LogP contribution in [0.25, 0.3) is 33.2 Å². The minimum atomic E-state index is -1.73. The third-order valence-electron chi connectivity index (χ3n) is 7.08. The number of aromatic nitrogens is 6. The van der Waals surface area contributed by atoms with Crippen LogP contribution in [-0.4, -0.2) is 66.4 Å². The normalized spacial score (nSPS) is 21.2. The molecule has 1 aliphatic rings. The fraction of sp³-hybridized carbons (Fsp3) is 0.333. The van der Waals surface area contributed by atoms with Crippen molar-refractivity contribution in [1.29, 1.82) is 0 Å². The van der Waals surface area contributed by atoms with Crippen LogP contribution in [0.2, 0.25) is 0 Å². The first kappa shape index (κ1) is 25.0. The number of anilines is 2. The molecule has 11 nitrogen and oxygen atoms in total. The zero-order valence-electron chi connectivity index (χ0n) is 21.7. The average molecular weight is 533 g/mol. The van der Waals surface area contributed by atoms with Gasteiger partial charge < -0.3 is 30.2 Å². The number of ether oxygens (including phenoxy) is 2. The Balaban J connectivity index is 1.27. The van der Waals surface area contributed by atoms with Gasteiger partial charge in [-0.2, -0.15) is 5.10 Å². The van der Waals surface area contributed by atoms with Crippen LogP contribution in [0.1, 0.15) is 18.8 Å². The van der Waals surface area contributed by atoms with Gasteiger partial charge >= 0.3 is 0 Å². The molecular weight excluding hydrogens is 503 g/mol. The summed E-state index contributed by atoms with van der Waals surface area (Å²) in [7, 11) is 3.67. The summed E-state index contributed by atoms with van der Waals surface area (Å²) < 4.78 is 30.7. The highest BCUT2D eigenvalue weighted by molar-refractivity contribution is 6.00. The second-order valence-electron chi connectivity index (χ2n) is 9.54. The smallest absolute Gasteiger partial charge is 0.173 e. The summed E-state index contributed by atoms with van der Waals surface area (Å²) in [4.78, 5) is 13.1. The molecule has 1 aliphatic heterocycles. The lowest BCUT2D eigenvalue weighted by Gasteiger charge is -2.17. The van der Waals surface area contributed by atoms with Crippen LogP contribution in [0.5, 0.6) is 5.75 Å². The van der Waals surface area contributed by atoms with Gasteiger partial charge in [-0.3, -0.25) is 9.67 Å². The van der Waals surface area contributed by atoms with Crippen LogP contribution in [-0.2, 0) is 18.2 Å². The van der Waals surface area contributed by atoms with Gasteiger partial charge in [0.15, 0.2) is 12.4 Å². The van der Waals surface area contributed by atoms with Crippen molar-refractivity contribution in [3.8, 4) is 17.0 Å². The number of aliphatic hydroxyl groups is 1. The Hall–Kier alpha value is -4.29. The third kappa shape index (κ3) is 4.31. The number of nitrogen functional groups attached to an aromatic ring is 1. The highest BCUT2D eigenvalue weighted by Crippen LogP contribution is 2.39. The monoisotopic (exact) mass is 532 g/mol. The van der Waals surface area contributed by atoms with Crippen molar-refractivity contribution < 1.29 is 19.0 Å². The number of aliphatic hydroxyl groups excluding tert-OH is 1. The van der Waals surface area contributed by atoms with E-state index in [1.807, 2.05) is 44.3 Å². The first-order chi connectivity index (χ1) is 18.9. The summed E-state index contributed by atoms with van der Waals surface area (Å²) >= 11 is 0. The highest BCUT2D eigenvalue weighted by Gasteiger charge is 2.46. The second kappa shape index (κ2) is 9.79. The fourth-order valence-electron chi connectivity index (χ4n) is 5.04. The zero-order valence-corrected chi connectivity index (χ0v) is 21.7. The fourth-order valence-corrected chi connectivity index (χ4v) is 5.04. The van der Waals surface area contributed by atoms with E-state index in [2.05, 4.69) is 20.4 Å². The molecule has 0 spiro atoms. The summed E-state index contributed by atoms with van der Waals surface area (Å²) in [6, 6.07) is 9.42. The molecular formula is C27H29FN8O3. The van der Waals surface area contributed by atoms with E-state index in [1.165, 1.54) is 10.9 Å². The second-order valence-corrected chi connectivity index (χ2v) is 9.54. The number of hydrogen-bond acceptors (Lipinski definition) is 9. The van der Waals surface area contributed by atoms with Gasteiger partial charge in [-0.25, -0.2) is 14.4 Å². The molecule has 1 saturated heterocycles. The summed E-state index contributed by atoms with van der Waals surface area (Å²) in [6.45, 7) is 1.99. The SMILES string of the molecule is CCc1cc(NC)c2ccc(OC[C@H]3O[C@@H](n4cc(-c5ccn(C)n5)c5c(N)ncnc54)[C@@H](F)[C@@H]3O)cc2n1. The van der Waals surface area contributed by atoms with Crippen molar-refractivity contribution in [3.63, 3.8) is 0 Å². The predicted molar refractivity (Wildman–Crippen MR) is 145 cm³/mol. The number of hydrogen-bond donors (Lipinski definition) is 3. The van der Waals surface area contributed by atoms with E-state index < -0.39 is 24.6 Å². The highest BCUT2D eigenvalue weighted by atomic mass is 19.1. The zero-order chi connectivity index (χ0) is 27.3. The molecule has 5 heterocycles. The van der Waals surface area contributed by atoms with Gasteiger partial charge in [0, 0.05) is 54.9 Å². The molecule has 0 amide bonds. The number of alkyl halides is 1. The van der Waals surface area contributed by atoms with E-state index in [1.54, 1.807) is 24.1 Å². The Morgan fingerprint density at radius 1 is 1.23 bits per heavy atom. The molecule has 12 heteroatoms. The minimum absolute atomic E-state index is 0.0562. The number of nitrogens with zero attached hydrogens (tertiary/aromatic N) is 6. The molecule has 1 aromatic carbocycles. The van der Waals surface area contributed by atoms with E-state index in [9.17, 15) is 5.11 Å². The molecule has 39 heavy (non-hydrogen) atoms. The molecule has 0 radical (unpaired) electrons. The van der Waals surface area contributed by atoms with Crippen LogP contribution in [0.15, 0.2) is 49.1 Å². The molecule has 1 fully saturated rings. The number of halogens is 1. The molecule has 4 N–H and O–H groups in total. The van der Waals surface area contributed by atoms with E-state index in [-0.39, 0.29) is 12.4 Å². The third-order valence-corrected chi connectivity index (χ3v) is 7.08. The van der Waals surface area contributed by atoms with Crippen molar-refractivity contribution in [3.05, 3.63) is 54.7 Å².